The van der Waals surface area contributed by atoms with E-state index in [2.05, 4.69) is 5.32 Å². The van der Waals surface area contributed by atoms with E-state index in [0.29, 0.717) is 0 Å². The lowest BCUT2D eigenvalue weighted by Gasteiger charge is -2.08. The molecule has 104 valence electrons. The zero-order valence-corrected chi connectivity index (χ0v) is 11.4. The van der Waals surface area contributed by atoms with E-state index in [1.807, 2.05) is 0 Å². The molecule has 6 nitrogen and oxygen atoms in total. The van der Waals surface area contributed by atoms with E-state index in [1.165, 1.54) is 31.2 Å². The topological polar surface area (TPSA) is 101 Å². The molecule has 2 N–H and O–H groups in total. The van der Waals surface area contributed by atoms with Gasteiger partial charge in [0.15, 0.2) is 9.84 Å². The number of hydrogen-bond donors (Lipinski definition) is 2. The highest BCUT2D eigenvalue weighted by Crippen LogP contribution is 2.10. The number of carbonyl (C=O) groups is 2. The maximum Gasteiger partial charge on any atom is 0.308 e. The van der Waals surface area contributed by atoms with Gasteiger partial charge in [0.1, 0.15) is 0 Å². The fourth-order valence-corrected chi connectivity index (χ4v) is 1.92. The molecule has 0 saturated carbocycles. The lowest BCUT2D eigenvalue weighted by molar-refractivity contribution is -0.140. The molecule has 0 aliphatic carbocycles. The molecule has 1 unspecified atom stereocenters. The fraction of sp³-hybridized carbons (Fsp3) is 0.333. The van der Waals surface area contributed by atoms with Crippen molar-refractivity contribution in [2.75, 3.05) is 12.8 Å². The molecule has 1 rings (SSSR count). The second-order valence-corrected chi connectivity index (χ2v) is 6.26. The van der Waals surface area contributed by atoms with Gasteiger partial charge in [-0.15, -0.1) is 0 Å². The van der Waals surface area contributed by atoms with Crippen LogP contribution in [-0.4, -0.2) is 38.2 Å². The maximum atomic E-state index is 11.7. The van der Waals surface area contributed by atoms with E-state index in [0.717, 1.165) is 6.26 Å². The Labute approximate surface area is 111 Å². The quantitative estimate of drug-likeness (QED) is 0.822. The van der Waals surface area contributed by atoms with Gasteiger partial charge in [-0.25, -0.2) is 8.42 Å². The van der Waals surface area contributed by atoms with Crippen LogP contribution in [0.15, 0.2) is 29.2 Å². The van der Waals surface area contributed by atoms with Crippen molar-refractivity contribution >= 4 is 21.7 Å². The van der Waals surface area contributed by atoms with Crippen molar-refractivity contribution in [1.29, 1.82) is 0 Å². The molecule has 0 bridgehead atoms. The summed E-state index contributed by atoms with van der Waals surface area (Å²) in [7, 11) is -3.29. The predicted molar refractivity (Wildman–Crippen MR) is 68.7 cm³/mol. The van der Waals surface area contributed by atoms with Gasteiger partial charge < -0.3 is 10.4 Å². The highest BCUT2D eigenvalue weighted by Gasteiger charge is 2.14. The van der Waals surface area contributed by atoms with Crippen molar-refractivity contribution < 1.29 is 23.1 Å². The van der Waals surface area contributed by atoms with Gasteiger partial charge in [0.05, 0.1) is 10.8 Å². The second kappa shape index (κ2) is 5.83. The molecule has 1 aromatic carbocycles. The Bertz CT molecular complexity index is 577. The van der Waals surface area contributed by atoms with Crippen LogP contribution in [-0.2, 0) is 14.6 Å². The summed E-state index contributed by atoms with van der Waals surface area (Å²) in [6.45, 7) is 1.50. The normalized spacial score (nSPS) is 12.7. The molecule has 0 heterocycles. The summed E-state index contributed by atoms with van der Waals surface area (Å²) in [4.78, 5) is 22.4. The third-order valence-electron chi connectivity index (χ3n) is 2.54. The highest BCUT2D eigenvalue weighted by atomic mass is 32.2. The third-order valence-corrected chi connectivity index (χ3v) is 3.66. The summed E-state index contributed by atoms with van der Waals surface area (Å²) in [5.41, 5.74) is 0.282. The summed E-state index contributed by atoms with van der Waals surface area (Å²) in [6.07, 6.45) is 1.08. The van der Waals surface area contributed by atoms with Gasteiger partial charge in [-0.05, 0) is 24.3 Å². The predicted octanol–water partition coefficient (Wildman–Crippen LogP) is 0.541. The van der Waals surface area contributed by atoms with Gasteiger partial charge in [-0.2, -0.15) is 0 Å². The largest absolute Gasteiger partial charge is 0.481 e. The van der Waals surface area contributed by atoms with Crippen LogP contribution in [0.3, 0.4) is 0 Å². The summed E-state index contributed by atoms with van der Waals surface area (Å²) in [5, 5.41) is 11.1. The van der Waals surface area contributed by atoms with Crippen molar-refractivity contribution in [2.24, 2.45) is 5.92 Å². The standard InChI is InChI=1S/C12H15NO5S/c1-8(12(15)16)7-13-11(14)9-3-5-10(6-4-9)19(2,17)18/h3-6,8H,7H2,1-2H3,(H,13,14)(H,15,16). The molecule has 7 heteroatoms. The van der Waals surface area contributed by atoms with Gasteiger partial charge in [0.2, 0.25) is 0 Å². The zero-order chi connectivity index (χ0) is 14.6. The Morgan fingerprint density at radius 1 is 1.26 bits per heavy atom. The Morgan fingerprint density at radius 3 is 2.21 bits per heavy atom. The van der Waals surface area contributed by atoms with Crippen LogP contribution < -0.4 is 5.32 Å². The Morgan fingerprint density at radius 2 is 1.79 bits per heavy atom. The first kappa shape index (κ1) is 15.2. The van der Waals surface area contributed by atoms with Crippen LogP contribution in [0.5, 0.6) is 0 Å². The average Bonchev–Trinajstić information content (AvgIpc) is 2.34. The minimum atomic E-state index is -3.29. The molecule has 0 aliphatic heterocycles. The molecule has 0 aromatic heterocycles. The second-order valence-electron chi connectivity index (χ2n) is 4.25. The summed E-state index contributed by atoms with van der Waals surface area (Å²) < 4.78 is 22.5. The molecule has 0 aliphatic rings. The van der Waals surface area contributed by atoms with Gasteiger partial charge in [-0.3, -0.25) is 9.59 Å². The zero-order valence-electron chi connectivity index (χ0n) is 10.6. The fourth-order valence-electron chi connectivity index (χ4n) is 1.29. The number of amides is 1. The Kier molecular flexibility index (Phi) is 4.66. The molecule has 1 amide bonds. The molecule has 0 radical (unpaired) electrons. The van der Waals surface area contributed by atoms with E-state index in [-0.39, 0.29) is 17.0 Å². The number of aliphatic carboxylic acids is 1. The van der Waals surface area contributed by atoms with Crippen LogP contribution in [0.2, 0.25) is 0 Å². The first-order valence-corrected chi connectivity index (χ1v) is 7.42. The molecule has 0 spiro atoms. The number of rotatable bonds is 5. The lowest BCUT2D eigenvalue weighted by atomic mass is 10.1. The average molecular weight is 285 g/mol. The van der Waals surface area contributed by atoms with Gasteiger partial charge >= 0.3 is 5.97 Å². The molecule has 19 heavy (non-hydrogen) atoms. The van der Waals surface area contributed by atoms with Crippen LogP contribution in [0, 0.1) is 5.92 Å². The first-order valence-electron chi connectivity index (χ1n) is 5.53. The number of nitrogens with one attached hydrogen (secondary N) is 1. The van der Waals surface area contributed by atoms with Crippen molar-refractivity contribution in [3.63, 3.8) is 0 Å². The number of benzene rings is 1. The number of carbonyl (C=O) groups excluding carboxylic acids is 1. The first-order chi connectivity index (χ1) is 8.71. The van der Waals surface area contributed by atoms with E-state index in [1.54, 1.807) is 0 Å². The Balaban J connectivity index is 2.71. The summed E-state index contributed by atoms with van der Waals surface area (Å²) in [6, 6.07) is 5.45. The van der Waals surface area contributed by atoms with E-state index in [4.69, 9.17) is 5.11 Å². The van der Waals surface area contributed by atoms with E-state index >= 15 is 0 Å². The highest BCUT2D eigenvalue weighted by molar-refractivity contribution is 7.90. The van der Waals surface area contributed by atoms with E-state index in [9.17, 15) is 18.0 Å². The van der Waals surface area contributed by atoms with Gasteiger partial charge in [0.25, 0.3) is 5.91 Å². The lowest BCUT2D eigenvalue weighted by Crippen LogP contribution is -2.31. The van der Waals surface area contributed by atoms with Crippen molar-refractivity contribution in [3.05, 3.63) is 29.8 Å². The van der Waals surface area contributed by atoms with Crippen LogP contribution >= 0.6 is 0 Å². The number of carboxylic acid groups (broad SMARTS) is 1. The van der Waals surface area contributed by atoms with Crippen molar-refractivity contribution in [3.8, 4) is 0 Å². The van der Waals surface area contributed by atoms with Crippen molar-refractivity contribution in [2.45, 2.75) is 11.8 Å². The van der Waals surface area contributed by atoms with Gasteiger partial charge in [-0.1, -0.05) is 6.92 Å². The van der Waals surface area contributed by atoms with Crippen LogP contribution in [0.4, 0.5) is 0 Å². The number of carboxylic acids is 1. The molecular weight excluding hydrogens is 270 g/mol. The SMILES string of the molecule is CC(CNC(=O)c1ccc(S(C)(=O)=O)cc1)C(=O)O. The van der Waals surface area contributed by atoms with Gasteiger partial charge in [0, 0.05) is 18.4 Å². The third kappa shape index (κ3) is 4.36. The molecular formula is C12H15NO5S. The smallest absolute Gasteiger partial charge is 0.308 e. The Hall–Kier alpha value is -1.89. The minimum absolute atomic E-state index is 0.0159. The van der Waals surface area contributed by atoms with Crippen molar-refractivity contribution in [1.82, 2.24) is 5.32 Å². The monoisotopic (exact) mass is 285 g/mol. The molecule has 0 fully saturated rings. The molecule has 0 saturated heterocycles. The minimum Gasteiger partial charge on any atom is -0.481 e. The van der Waals surface area contributed by atoms with Crippen LogP contribution in [0.25, 0.3) is 0 Å². The molecule has 1 atom stereocenters. The number of sulfone groups is 1. The van der Waals surface area contributed by atoms with Crippen LogP contribution in [0.1, 0.15) is 17.3 Å². The maximum absolute atomic E-state index is 11.7. The molecule has 1 aromatic rings. The van der Waals surface area contributed by atoms with E-state index < -0.39 is 27.6 Å². The number of hydrogen-bond acceptors (Lipinski definition) is 4. The summed E-state index contributed by atoms with van der Waals surface area (Å²) in [5.74, 6) is -2.11. The summed E-state index contributed by atoms with van der Waals surface area (Å²) >= 11 is 0.